The molecule has 3 rings (SSSR count). The molecular weight excluding hydrogens is 314 g/mol. The molecule has 0 aromatic heterocycles. The number of benzene rings is 2. The molecule has 132 valence electrons. The number of aliphatic hydroxyl groups excluding tert-OH is 1. The van der Waals surface area contributed by atoms with Crippen LogP contribution in [0.4, 0.5) is 5.69 Å². The molecule has 2 aromatic rings. The minimum Gasteiger partial charge on any atom is -0.392 e. The first-order chi connectivity index (χ1) is 12.2. The Morgan fingerprint density at radius 1 is 1.08 bits per heavy atom. The molecule has 0 aliphatic carbocycles. The van der Waals surface area contributed by atoms with E-state index in [9.17, 15) is 9.90 Å². The van der Waals surface area contributed by atoms with Crippen LogP contribution in [0, 0.1) is 0 Å². The third kappa shape index (κ3) is 4.45. The number of nitrogens with one attached hydrogen (secondary N) is 1. The summed E-state index contributed by atoms with van der Waals surface area (Å²) in [6.45, 7) is 3.60. The van der Waals surface area contributed by atoms with Crippen LogP contribution in [0.1, 0.15) is 17.2 Å². The Kier molecular flexibility index (Phi) is 5.81. The summed E-state index contributed by atoms with van der Waals surface area (Å²) in [5.74, 6) is -0.0363. The van der Waals surface area contributed by atoms with E-state index >= 15 is 0 Å². The summed E-state index contributed by atoms with van der Waals surface area (Å²) < 4.78 is 0. The highest BCUT2D eigenvalue weighted by molar-refractivity contribution is 5.95. The number of carbonyl (C=O) groups is 1. The van der Waals surface area contributed by atoms with Crippen molar-refractivity contribution < 1.29 is 9.90 Å². The molecule has 2 aromatic carbocycles. The summed E-state index contributed by atoms with van der Waals surface area (Å²) in [4.78, 5) is 17.6. The summed E-state index contributed by atoms with van der Waals surface area (Å²) in [5.41, 5.74) is 2.50. The quantitative estimate of drug-likeness (QED) is 0.876. The molecule has 0 saturated carbocycles. The van der Waals surface area contributed by atoms with Gasteiger partial charge in [0, 0.05) is 31.9 Å². The lowest BCUT2D eigenvalue weighted by Crippen LogP contribution is -2.48. The molecular formula is C20H25N3O2. The fourth-order valence-electron chi connectivity index (χ4n) is 3.20. The smallest absolute Gasteiger partial charge is 0.246 e. The first kappa shape index (κ1) is 17.6. The maximum absolute atomic E-state index is 13.1. The van der Waals surface area contributed by atoms with E-state index in [1.807, 2.05) is 54.6 Å². The fraction of sp³-hybridized carbons (Fsp3) is 0.350. The van der Waals surface area contributed by atoms with Crippen LogP contribution in [0.2, 0.25) is 0 Å². The maximum Gasteiger partial charge on any atom is 0.246 e. The number of hydrogen-bond donors (Lipinski definition) is 2. The van der Waals surface area contributed by atoms with Gasteiger partial charge in [-0.25, -0.2) is 0 Å². The summed E-state index contributed by atoms with van der Waals surface area (Å²) in [5, 5.41) is 12.3. The van der Waals surface area contributed by atoms with Crippen molar-refractivity contribution >= 4 is 11.6 Å². The Bertz CT molecular complexity index is 697. The van der Waals surface area contributed by atoms with E-state index in [1.54, 1.807) is 0 Å². The standard InChI is InChI=1S/C20H25N3O2/c1-22-10-12-23(13-11-22)19(17-7-3-2-4-8-17)20(25)21-18-9-5-6-16(14-18)15-24/h2-9,14,19,24H,10-13,15H2,1H3,(H,21,25). The maximum atomic E-state index is 13.1. The van der Waals surface area contributed by atoms with Crippen molar-refractivity contribution in [2.75, 3.05) is 38.5 Å². The van der Waals surface area contributed by atoms with Crippen LogP contribution < -0.4 is 5.32 Å². The second kappa shape index (κ2) is 8.25. The number of anilines is 1. The lowest BCUT2D eigenvalue weighted by molar-refractivity contribution is -0.122. The van der Waals surface area contributed by atoms with Gasteiger partial charge in [-0.1, -0.05) is 42.5 Å². The van der Waals surface area contributed by atoms with Gasteiger partial charge < -0.3 is 15.3 Å². The molecule has 2 N–H and O–H groups in total. The third-order valence-electron chi connectivity index (χ3n) is 4.64. The normalized spacial score (nSPS) is 17.2. The van der Waals surface area contributed by atoms with Crippen LogP contribution in [0.3, 0.4) is 0 Å². The van der Waals surface area contributed by atoms with Gasteiger partial charge in [-0.2, -0.15) is 0 Å². The second-order valence-electron chi connectivity index (χ2n) is 6.50. The minimum atomic E-state index is -0.312. The molecule has 5 nitrogen and oxygen atoms in total. The van der Waals surface area contributed by atoms with E-state index in [0.717, 1.165) is 37.3 Å². The number of aliphatic hydroxyl groups is 1. The zero-order valence-corrected chi connectivity index (χ0v) is 14.6. The molecule has 5 heteroatoms. The van der Waals surface area contributed by atoms with Crippen molar-refractivity contribution in [1.29, 1.82) is 0 Å². The number of piperazine rings is 1. The van der Waals surface area contributed by atoms with Gasteiger partial charge in [-0.3, -0.25) is 9.69 Å². The highest BCUT2D eigenvalue weighted by Gasteiger charge is 2.29. The molecule has 1 amide bonds. The lowest BCUT2D eigenvalue weighted by atomic mass is 10.0. The van der Waals surface area contributed by atoms with Crippen LogP contribution in [0.25, 0.3) is 0 Å². The number of hydrogen-bond acceptors (Lipinski definition) is 4. The zero-order chi connectivity index (χ0) is 17.6. The molecule has 1 aliphatic rings. The first-order valence-electron chi connectivity index (χ1n) is 8.65. The van der Waals surface area contributed by atoms with E-state index in [1.165, 1.54) is 0 Å². The number of nitrogens with zero attached hydrogens (tertiary/aromatic N) is 2. The van der Waals surface area contributed by atoms with Gasteiger partial charge in [-0.05, 0) is 30.3 Å². The number of rotatable bonds is 5. The average molecular weight is 339 g/mol. The van der Waals surface area contributed by atoms with Gasteiger partial charge in [0.1, 0.15) is 6.04 Å². The van der Waals surface area contributed by atoms with Crippen molar-refractivity contribution in [1.82, 2.24) is 9.80 Å². The van der Waals surface area contributed by atoms with E-state index in [0.29, 0.717) is 5.69 Å². The van der Waals surface area contributed by atoms with Crippen LogP contribution in [0.15, 0.2) is 54.6 Å². The fourth-order valence-corrected chi connectivity index (χ4v) is 3.20. The summed E-state index contributed by atoms with van der Waals surface area (Å²) in [6, 6.07) is 16.9. The van der Waals surface area contributed by atoms with E-state index in [4.69, 9.17) is 0 Å². The van der Waals surface area contributed by atoms with Crippen molar-refractivity contribution in [3.05, 3.63) is 65.7 Å². The van der Waals surface area contributed by atoms with Crippen LogP contribution in [-0.4, -0.2) is 54.0 Å². The van der Waals surface area contributed by atoms with Crippen LogP contribution in [0.5, 0.6) is 0 Å². The Morgan fingerprint density at radius 3 is 2.48 bits per heavy atom. The molecule has 1 aliphatic heterocycles. The Labute approximate surface area is 148 Å². The van der Waals surface area contributed by atoms with Crippen molar-refractivity contribution in [3.8, 4) is 0 Å². The minimum absolute atomic E-state index is 0.0363. The molecule has 1 atom stereocenters. The largest absolute Gasteiger partial charge is 0.392 e. The predicted molar refractivity (Wildman–Crippen MR) is 99.2 cm³/mol. The van der Waals surface area contributed by atoms with Gasteiger partial charge in [0.2, 0.25) is 5.91 Å². The molecule has 1 unspecified atom stereocenters. The monoisotopic (exact) mass is 339 g/mol. The van der Waals surface area contributed by atoms with Gasteiger partial charge in [-0.15, -0.1) is 0 Å². The Morgan fingerprint density at radius 2 is 1.80 bits per heavy atom. The lowest BCUT2D eigenvalue weighted by Gasteiger charge is -2.37. The van der Waals surface area contributed by atoms with Gasteiger partial charge in [0.15, 0.2) is 0 Å². The second-order valence-corrected chi connectivity index (χ2v) is 6.50. The highest BCUT2D eigenvalue weighted by Crippen LogP contribution is 2.24. The SMILES string of the molecule is CN1CCN(C(C(=O)Nc2cccc(CO)c2)c2ccccc2)CC1. The molecule has 1 heterocycles. The van der Waals surface area contributed by atoms with Crippen molar-refractivity contribution in [3.63, 3.8) is 0 Å². The Hall–Kier alpha value is -2.21. The van der Waals surface area contributed by atoms with E-state index in [2.05, 4.69) is 22.2 Å². The van der Waals surface area contributed by atoms with Gasteiger partial charge in [0.25, 0.3) is 0 Å². The number of carbonyl (C=O) groups excluding carboxylic acids is 1. The van der Waals surface area contributed by atoms with E-state index < -0.39 is 0 Å². The summed E-state index contributed by atoms with van der Waals surface area (Å²) in [6.07, 6.45) is 0. The summed E-state index contributed by atoms with van der Waals surface area (Å²) in [7, 11) is 2.11. The first-order valence-corrected chi connectivity index (χ1v) is 8.65. The van der Waals surface area contributed by atoms with Crippen LogP contribution in [-0.2, 0) is 11.4 Å². The van der Waals surface area contributed by atoms with E-state index in [-0.39, 0.29) is 18.6 Å². The zero-order valence-electron chi connectivity index (χ0n) is 14.6. The average Bonchev–Trinajstić information content (AvgIpc) is 2.64. The molecule has 0 bridgehead atoms. The molecule has 0 radical (unpaired) electrons. The third-order valence-corrected chi connectivity index (χ3v) is 4.64. The van der Waals surface area contributed by atoms with Gasteiger partial charge >= 0.3 is 0 Å². The Balaban J connectivity index is 1.82. The van der Waals surface area contributed by atoms with Gasteiger partial charge in [0.05, 0.1) is 6.61 Å². The van der Waals surface area contributed by atoms with Crippen molar-refractivity contribution in [2.45, 2.75) is 12.6 Å². The number of amides is 1. The van der Waals surface area contributed by atoms with Crippen LogP contribution >= 0.6 is 0 Å². The summed E-state index contributed by atoms with van der Waals surface area (Å²) >= 11 is 0. The molecule has 25 heavy (non-hydrogen) atoms. The molecule has 0 spiro atoms. The number of likely N-dealkylation sites (N-methyl/N-ethyl adjacent to an activating group) is 1. The molecule has 1 saturated heterocycles. The molecule has 1 fully saturated rings. The predicted octanol–water partition coefficient (Wildman–Crippen LogP) is 2.11. The highest BCUT2D eigenvalue weighted by atomic mass is 16.3. The topological polar surface area (TPSA) is 55.8 Å². The van der Waals surface area contributed by atoms with Crippen molar-refractivity contribution in [2.24, 2.45) is 0 Å².